The van der Waals surface area contributed by atoms with Crippen molar-refractivity contribution in [3.8, 4) is 0 Å². The van der Waals surface area contributed by atoms with Crippen LogP contribution < -0.4 is 0 Å². The van der Waals surface area contributed by atoms with Crippen molar-refractivity contribution in [1.82, 2.24) is 0 Å². The number of aliphatic imine (C=N–C) groups is 1. The molecule has 0 unspecified atom stereocenters. The molecule has 2 heteroatoms. The third-order valence-electron chi connectivity index (χ3n) is 0.734. The van der Waals surface area contributed by atoms with Gasteiger partial charge in [-0.1, -0.05) is 5.95 Å². The Bertz CT molecular complexity index is 123. The molecule has 0 N–H and O–H groups in total. The molecule has 1 heterocycles. The molecule has 0 saturated heterocycles. The molecule has 0 amide bonds. The van der Waals surface area contributed by atoms with Crippen LogP contribution in [-0.2, 0) is 0 Å². The predicted molar refractivity (Wildman–Crippen MR) is 29.4 cm³/mol. The van der Waals surface area contributed by atoms with Gasteiger partial charge in [-0.2, -0.15) is 0 Å². The fraction of sp³-hybridized carbons (Fsp3) is 0.250. The Morgan fingerprint density at radius 2 is 3.00 bits per heavy atom. The first kappa shape index (κ1) is 2.62. The molecule has 6 heavy (non-hydrogen) atoms. The summed E-state index contributed by atoms with van der Waals surface area (Å²) in [5, 5.41) is 0. The third kappa shape index (κ3) is 0.508. The van der Waals surface area contributed by atoms with Crippen molar-refractivity contribution in [3.63, 3.8) is 0 Å². The number of rotatable bonds is 0. The molecule has 1 nitrogen and oxygen atoms in total. The van der Waals surface area contributed by atoms with Gasteiger partial charge in [0.1, 0.15) is 0 Å². The van der Waals surface area contributed by atoms with E-state index >= 15 is 0 Å². The van der Waals surface area contributed by atoms with Gasteiger partial charge in [0.15, 0.2) is 0 Å². The maximum atomic E-state index is 7.01. The normalized spacial score (nSPS) is 21.2. The number of nitrogens with zero attached hydrogens (tertiary/aromatic N) is 1. The van der Waals surface area contributed by atoms with Gasteiger partial charge in [0, 0.05) is 7.57 Å². The van der Waals surface area contributed by atoms with E-state index in [1.54, 1.807) is 6.20 Å². The van der Waals surface area contributed by atoms with Crippen LogP contribution in [0.5, 0.6) is 0 Å². The van der Waals surface area contributed by atoms with Crippen LogP contribution in [0.3, 0.4) is 0 Å². The van der Waals surface area contributed by atoms with E-state index in [1.807, 2.05) is 6.92 Å². The average molecular weight is 80.9 g/mol. The summed E-state index contributed by atoms with van der Waals surface area (Å²) in [5.41, 5.74) is 1.05. The van der Waals surface area contributed by atoms with Crippen LogP contribution in [-0.4, -0.2) is 12.9 Å². The molecule has 0 aromatic rings. The van der Waals surface area contributed by atoms with Crippen LogP contribution in [0.25, 0.3) is 0 Å². The number of hydrogen-bond acceptors (Lipinski definition) is 1. The maximum Gasteiger partial charge on any atom is 0.203 e. The van der Waals surface area contributed by atoms with Gasteiger partial charge in [-0.15, -0.1) is 0 Å². The molecule has 0 aromatic carbocycles. The zero-order chi connectivity index (χ0) is 5.28. The van der Waals surface area contributed by atoms with Crippen molar-refractivity contribution in [1.29, 1.82) is 0 Å². The van der Waals surface area contributed by atoms with Crippen LogP contribution in [0.1, 0.15) is 8.29 Å². The first-order valence-electron chi connectivity index (χ1n) is 2.48. The van der Waals surface area contributed by atoms with Crippen LogP contribution in [0, 0.1) is 0 Å². The minimum absolute atomic E-state index is 0.623. The molecule has 1 aliphatic heterocycles. The van der Waals surface area contributed by atoms with E-state index in [0.717, 1.165) is 12.9 Å². The summed E-state index contributed by atoms with van der Waals surface area (Å²) in [6.07, 6.45) is 1.59. The minimum Gasteiger partial charge on any atom is -0.277 e. The summed E-state index contributed by atoms with van der Waals surface area (Å²) in [7, 11) is 0.750. The van der Waals surface area contributed by atoms with Crippen LogP contribution >= 0.6 is 0 Å². The summed E-state index contributed by atoms with van der Waals surface area (Å²) in [5.74, 6) is 0.623. The predicted octanol–water partition coefficient (Wildman–Crippen LogP) is 0.326. The zero-order valence-corrected chi connectivity index (χ0v) is 3.73. The van der Waals surface area contributed by atoms with E-state index < -0.39 is 0 Å². The van der Waals surface area contributed by atoms with Crippen molar-refractivity contribution < 1.29 is 1.37 Å². The Balaban J connectivity index is 2.61. The second-order valence-electron chi connectivity index (χ2n) is 1.37. The molecule has 0 fully saturated rings. The lowest BCUT2D eigenvalue weighted by Crippen LogP contribution is -1.93. The minimum atomic E-state index is 0.623. The van der Waals surface area contributed by atoms with Crippen molar-refractivity contribution in [2.75, 3.05) is 0 Å². The summed E-state index contributed by atoms with van der Waals surface area (Å²) in [6.45, 7) is 1.93. The van der Waals surface area contributed by atoms with Crippen molar-refractivity contribution in [2.45, 2.75) is 6.92 Å². The second-order valence-corrected chi connectivity index (χ2v) is 1.37. The lowest BCUT2D eigenvalue weighted by molar-refractivity contribution is 1.60. The fourth-order valence-corrected chi connectivity index (χ4v) is 0.395. The van der Waals surface area contributed by atoms with E-state index in [-0.39, 0.29) is 0 Å². The quantitative estimate of drug-likeness (QED) is 0.372. The lowest BCUT2D eigenvalue weighted by atomic mass is 9.75. The largest absolute Gasteiger partial charge is 0.277 e. The van der Waals surface area contributed by atoms with Crippen LogP contribution in [0.2, 0.25) is 0 Å². The first-order valence-corrected chi connectivity index (χ1v) is 1.98. The number of hydrogen-bond donors (Lipinski definition) is 0. The average Bonchev–Trinajstić information content (AvgIpc) is 1.87. The van der Waals surface area contributed by atoms with Gasteiger partial charge in [-0.05, 0) is 12.5 Å². The Morgan fingerprint density at radius 1 is 2.17 bits per heavy atom. The van der Waals surface area contributed by atoms with E-state index in [9.17, 15) is 0 Å². The molecular weight excluding hydrogens is 72.9 g/mol. The van der Waals surface area contributed by atoms with Gasteiger partial charge in [-0.25, -0.2) is 0 Å². The van der Waals surface area contributed by atoms with Crippen molar-refractivity contribution in [3.05, 3.63) is 12.2 Å². The molecule has 30 valence electrons. The standard InChI is InChI=1S/C4H6BN/c1-4-5-2-3-6-4/h2-3,5H,1H3/i2T. The van der Waals surface area contributed by atoms with E-state index in [0.29, 0.717) is 5.95 Å². The smallest absolute Gasteiger partial charge is 0.203 e. The Morgan fingerprint density at radius 3 is 3.17 bits per heavy atom. The highest BCUT2D eigenvalue weighted by atomic mass is 14.7. The molecule has 1 rings (SSSR count). The highest BCUT2D eigenvalue weighted by molar-refractivity contribution is 6.79. The first-order chi connectivity index (χ1) is 3.29. The maximum absolute atomic E-state index is 7.01. The van der Waals surface area contributed by atoms with Gasteiger partial charge in [0.25, 0.3) is 0 Å². The summed E-state index contributed by atoms with van der Waals surface area (Å²) < 4.78 is 7.01. The van der Waals surface area contributed by atoms with Crippen LogP contribution in [0.4, 0.5) is 0 Å². The molecule has 0 aromatic heterocycles. The van der Waals surface area contributed by atoms with E-state index in [1.165, 1.54) is 0 Å². The molecule has 1 aliphatic rings. The molecular formula is C4H6BN. The van der Waals surface area contributed by atoms with Gasteiger partial charge in [0.05, 0.1) is 0 Å². The van der Waals surface area contributed by atoms with Gasteiger partial charge >= 0.3 is 0 Å². The Hall–Kier alpha value is -0.525. The highest BCUT2D eigenvalue weighted by Gasteiger charge is 1.91. The van der Waals surface area contributed by atoms with E-state index in [4.69, 9.17) is 1.37 Å². The van der Waals surface area contributed by atoms with Gasteiger partial charge < -0.3 is 0 Å². The molecule has 0 aliphatic carbocycles. The van der Waals surface area contributed by atoms with Gasteiger partial charge in [-0.3, -0.25) is 4.99 Å². The molecule has 0 saturated carbocycles. The van der Waals surface area contributed by atoms with Crippen LogP contribution in [0.15, 0.2) is 17.1 Å². The Kier molecular flexibility index (Phi) is 0.562. The Labute approximate surface area is 39.4 Å². The van der Waals surface area contributed by atoms with Crippen molar-refractivity contribution in [2.24, 2.45) is 4.99 Å². The summed E-state index contributed by atoms with van der Waals surface area (Å²) >= 11 is 0. The fourth-order valence-electron chi connectivity index (χ4n) is 0.395. The summed E-state index contributed by atoms with van der Waals surface area (Å²) in [4.78, 5) is 3.88. The van der Waals surface area contributed by atoms with E-state index in [2.05, 4.69) is 4.99 Å². The van der Waals surface area contributed by atoms with Crippen molar-refractivity contribution >= 4 is 12.9 Å². The SMILES string of the molecule is [3H]C1=CN=C(C)B1. The van der Waals surface area contributed by atoms with Gasteiger partial charge in [0.2, 0.25) is 7.28 Å². The molecule has 0 atom stereocenters. The molecule has 0 radical (unpaired) electrons. The third-order valence-corrected chi connectivity index (χ3v) is 0.734. The second kappa shape index (κ2) is 1.29. The topological polar surface area (TPSA) is 12.4 Å². The summed E-state index contributed by atoms with van der Waals surface area (Å²) in [6, 6.07) is 0. The lowest BCUT2D eigenvalue weighted by Gasteiger charge is -1.74. The monoisotopic (exact) mass is 81.1 g/mol. The molecule has 0 bridgehead atoms. The highest BCUT2D eigenvalue weighted by Crippen LogP contribution is 1.86. The molecule has 0 spiro atoms. The zero-order valence-electron chi connectivity index (χ0n) is 4.73.